The minimum Gasteiger partial charge on any atom is -0.494 e. The topological polar surface area (TPSA) is 74.1 Å². The summed E-state index contributed by atoms with van der Waals surface area (Å²) in [6.07, 6.45) is 1.36. The summed E-state index contributed by atoms with van der Waals surface area (Å²) < 4.78 is 5.35. The van der Waals surface area contributed by atoms with Crippen molar-refractivity contribution in [3.05, 3.63) is 65.3 Å². The van der Waals surface area contributed by atoms with E-state index in [2.05, 4.69) is 10.6 Å². The van der Waals surface area contributed by atoms with Crippen LogP contribution in [0.1, 0.15) is 6.92 Å². The number of rotatable bonds is 6. The minimum absolute atomic E-state index is 0.0520. The third kappa shape index (κ3) is 5.04. The molecule has 1 amide bonds. The first-order chi connectivity index (χ1) is 11.6. The Bertz CT molecular complexity index is 780. The molecule has 0 saturated carbocycles. The highest BCUT2D eigenvalue weighted by Gasteiger charge is 2.09. The van der Waals surface area contributed by atoms with Crippen LogP contribution in [0.4, 0.5) is 11.4 Å². The van der Waals surface area contributed by atoms with E-state index in [1.54, 1.807) is 48.5 Å². The van der Waals surface area contributed by atoms with Crippen molar-refractivity contribution in [3.63, 3.8) is 0 Å². The summed E-state index contributed by atoms with van der Waals surface area (Å²) in [6.45, 7) is 2.50. The molecule has 0 spiro atoms. The maximum absolute atomic E-state index is 12.1. The average Bonchev–Trinajstić information content (AvgIpc) is 2.57. The summed E-state index contributed by atoms with van der Waals surface area (Å²) in [4.78, 5) is 12.1. The number of hydrogen-bond donors (Lipinski definition) is 2. The van der Waals surface area contributed by atoms with E-state index in [-0.39, 0.29) is 5.57 Å². The predicted molar refractivity (Wildman–Crippen MR) is 95.0 cm³/mol. The van der Waals surface area contributed by atoms with Crippen molar-refractivity contribution in [1.82, 2.24) is 0 Å². The molecule has 2 rings (SSSR count). The molecule has 122 valence electrons. The zero-order valence-corrected chi connectivity index (χ0v) is 13.8. The molecule has 0 radical (unpaired) electrons. The van der Waals surface area contributed by atoms with Gasteiger partial charge in [0.25, 0.3) is 5.91 Å². The first-order valence-corrected chi connectivity index (χ1v) is 7.66. The van der Waals surface area contributed by atoms with Gasteiger partial charge in [0.05, 0.1) is 6.61 Å². The molecule has 0 aliphatic heterocycles. The van der Waals surface area contributed by atoms with Gasteiger partial charge < -0.3 is 15.4 Å². The number of ether oxygens (including phenoxy) is 1. The fourth-order valence-corrected chi connectivity index (χ4v) is 2.07. The molecule has 24 heavy (non-hydrogen) atoms. The first-order valence-electron chi connectivity index (χ1n) is 7.29. The van der Waals surface area contributed by atoms with Gasteiger partial charge in [-0.2, -0.15) is 5.26 Å². The highest BCUT2D eigenvalue weighted by atomic mass is 35.5. The average molecular weight is 342 g/mol. The van der Waals surface area contributed by atoms with Crippen molar-refractivity contribution in [3.8, 4) is 11.8 Å². The van der Waals surface area contributed by atoms with Gasteiger partial charge in [-0.25, -0.2) is 0 Å². The second-order valence-electron chi connectivity index (χ2n) is 4.74. The van der Waals surface area contributed by atoms with Crippen LogP contribution in [0.3, 0.4) is 0 Å². The Morgan fingerprint density at radius 3 is 2.62 bits per heavy atom. The number of carbonyl (C=O) groups excluding carboxylic acids is 1. The Morgan fingerprint density at radius 1 is 1.25 bits per heavy atom. The smallest absolute Gasteiger partial charge is 0.267 e. The summed E-state index contributed by atoms with van der Waals surface area (Å²) in [5.41, 5.74) is 1.21. The monoisotopic (exact) mass is 341 g/mol. The Morgan fingerprint density at radius 2 is 2.00 bits per heavy atom. The molecule has 0 unspecified atom stereocenters. The molecule has 0 aliphatic carbocycles. The Balaban J connectivity index is 2.03. The van der Waals surface area contributed by atoms with Crippen molar-refractivity contribution >= 4 is 28.9 Å². The Hall–Kier alpha value is -2.97. The number of anilines is 2. The summed E-state index contributed by atoms with van der Waals surface area (Å²) in [7, 11) is 0. The van der Waals surface area contributed by atoms with Gasteiger partial charge in [0, 0.05) is 22.6 Å². The van der Waals surface area contributed by atoms with E-state index in [1.165, 1.54) is 6.20 Å². The fraction of sp³-hybridized carbons (Fsp3) is 0.111. The van der Waals surface area contributed by atoms with Gasteiger partial charge in [-0.3, -0.25) is 4.79 Å². The number of hydrogen-bond acceptors (Lipinski definition) is 4. The van der Waals surface area contributed by atoms with Crippen LogP contribution in [-0.4, -0.2) is 12.5 Å². The van der Waals surface area contributed by atoms with Crippen LogP contribution in [-0.2, 0) is 4.79 Å². The van der Waals surface area contributed by atoms with Crippen LogP contribution >= 0.6 is 11.6 Å². The van der Waals surface area contributed by atoms with Crippen LogP contribution in [0.25, 0.3) is 0 Å². The standard InChI is InChI=1S/C18H16ClN3O2/c1-2-24-17-8-6-15(7-9-17)21-12-13(11-20)18(23)22-16-5-3-4-14(19)10-16/h3-10,12,21H,2H2,1H3,(H,22,23)/b13-12-. The lowest BCUT2D eigenvalue weighted by atomic mass is 10.2. The first kappa shape index (κ1) is 17.4. The number of halogens is 1. The van der Waals surface area contributed by atoms with E-state index >= 15 is 0 Å². The molecular formula is C18H16ClN3O2. The molecule has 0 saturated heterocycles. The lowest BCUT2D eigenvalue weighted by Crippen LogP contribution is -2.14. The van der Waals surface area contributed by atoms with E-state index in [4.69, 9.17) is 21.6 Å². The van der Waals surface area contributed by atoms with Crippen molar-refractivity contribution in [2.75, 3.05) is 17.2 Å². The number of nitriles is 1. The van der Waals surface area contributed by atoms with Crippen molar-refractivity contribution in [2.45, 2.75) is 6.92 Å². The van der Waals surface area contributed by atoms with Gasteiger partial charge in [0.15, 0.2) is 0 Å². The van der Waals surface area contributed by atoms with Crippen LogP contribution in [0.15, 0.2) is 60.3 Å². The summed E-state index contributed by atoms with van der Waals surface area (Å²) in [5.74, 6) is 0.240. The maximum atomic E-state index is 12.1. The lowest BCUT2D eigenvalue weighted by Gasteiger charge is -2.06. The zero-order chi connectivity index (χ0) is 17.4. The number of amides is 1. The second kappa shape index (κ2) is 8.61. The van der Waals surface area contributed by atoms with E-state index in [9.17, 15) is 4.79 Å². The van der Waals surface area contributed by atoms with E-state index in [0.717, 1.165) is 11.4 Å². The molecule has 2 aromatic rings. The highest BCUT2D eigenvalue weighted by Crippen LogP contribution is 2.17. The van der Waals surface area contributed by atoms with Gasteiger partial charge in [-0.15, -0.1) is 0 Å². The number of carbonyl (C=O) groups is 1. The van der Waals surface area contributed by atoms with Crippen molar-refractivity contribution in [1.29, 1.82) is 5.26 Å². The van der Waals surface area contributed by atoms with Gasteiger partial charge in [-0.05, 0) is 49.4 Å². The van der Waals surface area contributed by atoms with Crippen LogP contribution in [0, 0.1) is 11.3 Å². The molecule has 2 N–H and O–H groups in total. The molecule has 0 atom stereocenters. The third-order valence-electron chi connectivity index (χ3n) is 3.00. The number of nitrogens with one attached hydrogen (secondary N) is 2. The number of nitrogens with zero attached hydrogens (tertiary/aromatic N) is 1. The van der Waals surface area contributed by atoms with E-state index in [1.807, 2.05) is 13.0 Å². The summed E-state index contributed by atoms with van der Waals surface area (Å²) >= 11 is 5.86. The number of benzene rings is 2. The SMILES string of the molecule is CCOc1ccc(N/C=C(/C#N)C(=O)Nc2cccc(Cl)c2)cc1. The molecule has 0 bridgehead atoms. The Labute approximate surface area is 145 Å². The second-order valence-corrected chi connectivity index (χ2v) is 5.17. The molecule has 2 aromatic carbocycles. The van der Waals surface area contributed by atoms with Crippen LogP contribution in [0.5, 0.6) is 5.75 Å². The molecule has 5 nitrogen and oxygen atoms in total. The molecule has 0 fully saturated rings. The van der Waals surface area contributed by atoms with Crippen molar-refractivity contribution in [2.24, 2.45) is 0 Å². The lowest BCUT2D eigenvalue weighted by molar-refractivity contribution is -0.112. The predicted octanol–water partition coefficient (Wildman–Crippen LogP) is 4.20. The Kier molecular flexibility index (Phi) is 6.23. The minimum atomic E-state index is -0.516. The van der Waals surface area contributed by atoms with Gasteiger partial charge >= 0.3 is 0 Å². The third-order valence-corrected chi connectivity index (χ3v) is 3.23. The molecule has 0 aromatic heterocycles. The van der Waals surface area contributed by atoms with Crippen molar-refractivity contribution < 1.29 is 9.53 Å². The quantitative estimate of drug-likeness (QED) is 0.610. The van der Waals surface area contributed by atoms with Gasteiger partial charge in [0.2, 0.25) is 0 Å². The molecule has 0 heterocycles. The molecule has 0 aliphatic rings. The van der Waals surface area contributed by atoms with Gasteiger partial charge in [0.1, 0.15) is 17.4 Å². The van der Waals surface area contributed by atoms with E-state index in [0.29, 0.717) is 17.3 Å². The molecular weight excluding hydrogens is 326 g/mol. The maximum Gasteiger partial charge on any atom is 0.267 e. The molecule has 6 heteroatoms. The largest absolute Gasteiger partial charge is 0.494 e. The summed E-state index contributed by atoms with van der Waals surface area (Å²) in [6, 6.07) is 15.8. The fourth-order valence-electron chi connectivity index (χ4n) is 1.88. The zero-order valence-electron chi connectivity index (χ0n) is 13.0. The summed E-state index contributed by atoms with van der Waals surface area (Å²) in [5, 5.41) is 15.2. The normalized spacial score (nSPS) is 10.6. The van der Waals surface area contributed by atoms with E-state index < -0.39 is 5.91 Å². The van der Waals surface area contributed by atoms with Crippen LogP contribution in [0.2, 0.25) is 5.02 Å². The van der Waals surface area contributed by atoms with Crippen LogP contribution < -0.4 is 15.4 Å². The highest BCUT2D eigenvalue weighted by molar-refractivity contribution is 6.31. The van der Waals surface area contributed by atoms with Gasteiger partial charge in [-0.1, -0.05) is 17.7 Å².